The number of hydrogen-bond acceptors (Lipinski definition) is 4. The highest BCUT2D eigenvalue weighted by Gasteiger charge is 2.34. The van der Waals surface area contributed by atoms with Crippen molar-refractivity contribution in [3.8, 4) is 0 Å². The number of halogens is 1. The summed E-state index contributed by atoms with van der Waals surface area (Å²) in [5, 5.41) is 4.73. The largest absolute Gasteiger partial charge is 0.343 e. The van der Waals surface area contributed by atoms with Crippen LogP contribution in [0.4, 0.5) is 5.82 Å². The molecule has 4 nitrogen and oxygen atoms in total. The number of benzene rings is 1. The summed E-state index contributed by atoms with van der Waals surface area (Å²) >= 11 is 7.47. The molecule has 23 heavy (non-hydrogen) atoms. The van der Waals surface area contributed by atoms with Gasteiger partial charge in [-0.05, 0) is 48.8 Å². The monoisotopic (exact) mass is 345 g/mol. The zero-order valence-corrected chi connectivity index (χ0v) is 14.2. The molecule has 0 saturated carbocycles. The first-order valence-electron chi connectivity index (χ1n) is 7.60. The SMILES string of the molecule is CSc1nc2c(c(=O)[nH]1)C(c1ccc(Cl)cc1)C1=C(CCC1)N2. The normalized spacial score (nSPS) is 19.3. The lowest BCUT2D eigenvalue weighted by atomic mass is 9.83. The molecule has 1 unspecified atom stereocenters. The maximum absolute atomic E-state index is 12.7. The number of aromatic nitrogens is 2. The van der Waals surface area contributed by atoms with Crippen LogP contribution in [0.3, 0.4) is 0 Å². The van der Waals surface area contributed by atoms with Gasteiger partial charge in [-0.1, -0.05) is 35.5 Å². The highest BCUT2D eigenvalue weighted by molar-refractivity contribution is 7.98. The fraction of sp³-hybridized carbons (Fsp3) is 0.294. The Morgan fingerprint density at radius 1 is 1.26 bits per heavy atom. The number of H-pyrrole nitrogens is 1. The Kier molecular flexibility index (Phi) is 3.70. The molecule has 4 rings (SSSR count). The molecule has 0 fully saturated rings. The first kappa shape index (κ1) is 14.8. The van der Waals surface area contributed by atoms with E-state index in [1.54, 1.807) is 0 Å². The molecule has 6 heteroatoms. The first-order chi connectivity index (χ1) is 11.2. The van der Waals surface area contributed by atoms with Crippen LogP contribution in [0.15, 0.2) is 45.5 Å². The highest BCUT2D eigenvalue weighted by atomic mass is 35.5. The van der Waals surface area contributed by atoms with Crippen LogP contribution in [0.1, 0.15) is 36.3 Å². The molecule has 1 aliphatic heterocycles. The predicted octanol–water partition coefficient (Wildman–Crippen LogP) is 4.14. The molecule has 0 radical (unpaired) electrons. The minimum Gasteiger partial charge on any atom is -0.343 e. The van der Waals surface area contributed by atoms with Gasteiger partial charge >= 0.3 is 0 Å². The van der Waals surface area contributed by atoms with E-state index in [0.29, 0.717) is 21.6 Å². The van der Waals surface area contributed by atoms with Crippen LogP contribution in [-0.2, 0) is 0 Å². The second kappa shape index (κ2) is 5.73. The minimum absolute atomic E-state index is 0.0341. The third-order valence-corrected chi connectivity index (χ3v) is 5.33. The van der Waals surface area contributed by atoms with Crippen LogP contribution >= 0.6 is 23.4 Å². The van der Waals surface area contributed by atoms with Gasteiger partial charge < -0.3 is 10.3 Å². The average molecular weight is 346 g/mol. The second-order valence-corrected chi connectivity index (χ2v) is 7.04. The van der Waals surface area contributed by atoms with Crippen LogP contribution in [0, 0.1) is 0 Å². The van der Waals surface area contributed by atoms with Crippen molar-refractivity contribution in [2.24, 2.45) is 0 Å². The molecule has 2 heterocycles. The Hall–Kier alpha value is -1.72. The molecule has 0 amide bonds. The van der Waals surface area contributed by atoms with E-state index in [9.17, 15) is 4.79 Å². The highest BCUT2D eigenvalue weighted by Crippen LogP contribution is 2.45. The molecule has 1 atom stereocenters. The van der Waals surface area contributed by atoms with Gasteiger partial charge in [-0.25, -0.2) is 4.98 Å². The van der Waals surface area contributed by atoms with E-state index in [-0.39, 0.29) is 11.5 Å². The fourth-order valence-corrected chi connectivity index (χ4v) is 3.99. The second-order valence-electron chi connectivity index (χ2n) is 5.80. The number of rotatable bonds is 2. The molecule has 1 aliphatic carbocycles. The van der Waals surface area contributed by atoms with Crippen molar-refractivity contribution in [1.82, 2.24) is 9.97 Å². The number of allylic oxidation sites excluding steroid dienone is 2. The number of nitrogens with one attached hydrogen (secondary N) is 2. The summed E-state index contributed by atoms with van der Waals surface area (Å²) < 4.78 is 0. The van der Waals surface area contributed by atoms with E-state index in [2.05, 4.69) is 15.3 Å². The van der Waals surface area contributed by atoms with Gasteiger partial charge in [-0.15, -0.1) is 0 Å². The zero-order valence-electron chi connectivity index (χ0n) is 12.6. The molecule has 1 aromatic carbocycles. The van der Waals surface area contributed by atoms with Gasteiger partial charge in [-0.2, -0.15) is 0 Å². The van der Waals surface area contributed by atoms with Crippen molar-refractivity contribution >= 4 is 29.2 Å². The topological polar surface area (TPSA) is 57.8 Å². The Bertz CT molecular complexity index is 857. The summed E-state index contributed by atoms with van der Waals surface area (Å²) in [4.78, 5) is 20.2. The molecule has 118 valence electrons. The van der Waals surface area contributed by atoms with Crippen LogP contribution < -0.4 is 10.9 Å². The zero-order chi connectivity index (χ0) is 16.0. The number of thioether (sulfide) groups is 1. The fourth-order valence-electron chi connectivity index (χ4n) is 3.49. The summed E-state index contributed by atoms with van der Waals surface area (Å²) in [6.45, 7) is 0. The predicted molar refractivity (Wildman–Crippen MR) is 94.4 cm³/mol. The van der Waals surface area contributed by atoms with Gasteiger partial charge in [0.25, 0.3) is 5.56 Å². The lowest BCUT2D eigenvalue weighted by Gasteiger charge is -2.28. The molecule has 2 aliphatic rings. The van der Waals surface area contributed by atoms with E-state index in [0.717, 1.165) is 24.8 Å². The molecule has 0 bridgehead atoms. The lowest BCUT2D eigenvalue weighted by Crippen LogP contribution is -2.27. The van der Waals surface area contributed by atoms with Crippen molar-refractivity contribution < 1.29 is 0 Å². The van der Waals surface area contributed by atoms with E-state index in [4.69, 9.17) is 11.6 Å². The van der Waals surface area contributed by atoms with Crippen molar-refractivity contribution in [1.29, 1.82) is 0 Å². The Balaban J connectivity index is 1.93. The first-order valence-corrected chi connectivity index (χ1v) is 9.20. The van der Waals surface area contributed by atoms with Crippen molar-refractivity contribution in [3.63, 3.8) is 0 Å². The van der Waals surface area contributed by atoms with Gasteiger partial charge in [0.05, 0.1) is 5.56 Å². The van der Waals surface area contributed by atoms with E-state index in [1.165, 1.54) is 23.0 Å². The third-order valence-electron chi connectivity index (χ3n) is 4.50. The molecule has 0 spiro atoms. The maximum atomic E-state index is 12.7. The molecule has 2 N–H and O–H groups in total. The van der Waals surface area contributed by atoms with Gasteiger partial charge in [0.15, 0.2) is 5.16 Å². The Morgan fingerprint density at radius 3 is 2.78 bits per heavy atom. The van der Waals surface area contributed by atoms with Crippen LogP contribution in [0.25, 0.3) is 0 Å². The smallest absolute Gasteiger partial charge is 0.257 e. The standard InChI is InChI=1S/C17H16ClN3OS/c1-23-17-20-15-14(16(22)21-17)13(9-5-7-10(18)8-6-9)11-3-2-4-12(11)19-15/h5-8,13H,2-4H2,1H3,(H2,19,20,21,22). The summed E-state index contributed by atoms with van der Waals surface area (Å²) in [6.07, 6.45) is 5.05. The van der Waals surface area contributed by atoms with Crippen LogP contribution in [0.5, 0.6) is 0 Å². The van der Waals surface area contributed by atoms with Crippen molar-refractivity contribution in [3.05, 3.63) is 62.0 Å². The molecule has 1 aromatic heterocycles. The van der Waals surface area contributed by atoms with Crippen molar-refractivity contribution in [2.45, 2.75) is 30.3 Å². The summed E-state index contributed by atoms with van der Waals surface area (Å²) in [5.41, 5.74) is 4.28. The summed E-state index contributed by atoms with van der Waals surface area (Å²) in [5.74, 6) is 0.659. The number of anilines is 1. The summed E-state index contributed by atoms with van der Waals surface area (Å²) in [6, 6.07) is 7.78. The molecule has 0 saturated heterocycles. The molecular formula is C17H16ClN3OS. The lowest BCUT2D eigenvalue weighted by molar-refractivity contribution is 0.804. The van der Waals surface area contributed by atoms with E-state index in [1.807, 2.05) is 30.5 Å². The van der Waals surface area contributed by atoms with E-state index < -0.39 is 0 Å². The number of fused-ring (bicyclic) bond motifs is 1. The molecule has 2 aromatic rings. The maximum Gasteiger partial charge on any atom is 0.257 e. The average Bonchev–Trinajstić information content (AvgIpc) is 3.01. The van der Waals surface area contributed by atoms with Crippen LogP contribution in [0.2, 0.25) is 5.02 Å². The molecular weight excluding hydrogens is 330 g/mol. The van der Waals surface area contributed by atoms with Gasteiger partial charge in [-0.3, -0.25) is 4.79 Å². The Labute approximate surface area is 143 Å². The summed E-state index contributed by atoms with van der Waals surface area (Å²) in [7, 11) is 0. The van der Waals surface area contributed by atoms with Gasteiger partial charge in [0, 0.05) is 16.6 Å². The van der Waals surface area contributed by atoms with Gasteiger partial charge in [0.2, 0.25) is 0 Å². The third kappa shape index (κ3) is 2.48. The number of hydrogen-bond donors (Lipinski definition) is 2. The Morgan fingerprint density at radius 2 is 2.04 bits per heavy atom. The van der Waals surface area contributed by atoms with Crippen LogP contribution in [-0.4, -0.2) is 16.2 Å². The van der Waals surface area contributed by atoms with Gasteiger partial charge in [0.1, 0.15) is 5.82 Å². The number of aromatic amines is 1. The quantitative estimate of drug-likeness (QED) is 0.634. The van der Waals surface area contributed by atoms with E-state index >= 15 is 0 Å². The minimum atomic E-state index is -0.0646. The number of nitrogens with zero attached hydrogens (tertiary/aromatic N) is 1. The van der Waals surface area contributed by atoms with Crippen molar-refractivity contribution in [2.75, 3.05) is 11.6 Å².